The van der Waals surface area contributed by atoms with Crippen molar-refractivity contribution >= 4 is 18.0 Å². The summed E-state index contributed by atoms with van der Waals surface area (Å²) < 4.78 is 5.47. The molecule has 0 saturated heterocycles. The molecular formula is C24H24N2O5. The Bertz CT molecular complexity index is 981. The standard InChI is InChI=1S/C24H24N2O5/c1-3-13-26(14-22(27)28)23(29)21(4-2)25-24(30)31-15-20-18-11-7-5-9-16(18)17-10-6-8-12-19(17)20/h1,5-12,20-21H,4,13-15H2,2H3,(H,25,30)(H,27,28)/t21-/m1/s1. The molecule has 31 heavy (non-hydrogen) atoms. The second-order valence-electron chi connectivity index (χ2n) is 7.22. The first-order chi connectivity index (χ1) is 15.0. The first kappa shape index (κ1) is 21.9. The summed E-state index contributed by atoms with van der Waals surface area (Å²) in [5, 5.41) is 11.5. The maximum absolute atomic E-state index is 12.6. The van der Waals surface area contributed by atoms with Crippen LogP contribution >= 0.6 is 0 Å². The van der Waals surface area contributed by atoms with Crippen LogP contribution in [0.4, 0.5) is 4.79 Å². The van der Waals surface area contributed by atoms with Crippen LogP contribution in [0.2, 0.25) is 0 Å². The van der Waals surface area contributed by atoms with Crippen molar-refractivity contribution < 1.29 is 24.2 Å². The van der Waals surface area contributed by atoms with Crippen molar-refractivity contribution in [1.82, 2.24) is 10.2 Å². The van der Waals surface area contributed by atoms with Gasteiger partial charge in [0.25, 0.3) is 0 Å². The summed E-state index contributed by atoms with van der Waals surface area (Å²) in [7, 11) is 0. The number of hydrogen-bond acceptors (Lipinski definition) is 4. The van der Waals surface area contributed by atoms with Gasteiger partial charge in [-0.1, -0.05) is 61.4 Å². The van der Waals surface area contributed by atoms with Crippen molar-refractivity contribution in [2.75, 3.05) is 19.7 Å². The SMILES string of the molecule is C#CCN(CC(=O)O)C(=O)[C@@H](CC)NC(=O)OCC1c2ccccc2-c2ccccc21. The zero-order valence-electron chi connectivity index (χ0n) is 17.2. The summed E-state index contributed by atoms with van der Waals surface area (Å²) in [5.41, 5.74) is 4.40. The van der Waals surface area contributed by atoms with E-state index in [1.807, 2.05) is 48.5 Å². The Balaban J connectivity index is 1.66. The summed E-state index contributed by atoms with van der Waals surface area (Å²) in [6.45, 7) is 1.13. The summed E-state index contributed by atoms with van der Waals surface area (Å²) in [6.07, 6.45) is 4.76. The Morgan fingerprint density at radius 2 is 1.71 bits per heavy atom. The third kappa shape index (κ3) is 4.86. The van der Waals surface area contributed by atoms with Gasteiger partial charge in [0.05, 0.1) is 6.54 Å². The molecule has 2 amide bonds. The molecule has 3 rings (SSSR count). The highest BCUT2D eigenvalue weighted by atomic mass is 16.5. The van der Waals surface area contributed by atoms with E-state index >= 15 is 0 Å². The van der Waals surface area contributed by atoms with E-state index in [0.717, 1.165) is 27.2 Å². The second kappa shape index (κ2) is 9.81. The molecule has 0 unspecified atom stereocenters. The van der Waals surface area contributed by atoms with Crippen LogP contribution in [0.5, 0.6) is 0 Å². The topological polar surface area (TPSA) is 95.9 Å². The van der Waals surface area contributed by atoms with Crippen LogP contribution in [-0.2, 0) is 14.3 Å². The van der Waals surface area contributed by atoms with Gasteiger partial charge in [0.1, 0.15) is 19.2 Å². The number of benzene rings is 2. The molecule has 2 aromatic carbocycles. The largest absolute Gasteiger partial charge is 0.480 e. The van der Waals surface area contributed by atoms with Crippen LogP contribution in [0.1, 0.15) is 30.4 Å². The number of aliphatic carboxylic acids is 1. The van der Waals surface area contributed by atoms with Crippen molar-refractivity contribution in [2.45, 2.75) is 25.3 Å². The highest BCUT2D eigenvalue weighted by Gasteiger charge is 2.30. The number of nitrogens with zero attached hydrogens (tertiary/aromatic N) is 1. The number of carboxylic acid groups (broad SMARTS) is 1. The van der Waals surface area contributed by atoms with E-state index in [-0.39, 0.29) is 25.5 Å². The number of carbonyl (C=O) groups excluding carboxylic acids is 2. The monoisotopic (exact) mass is 420 g/mol. The predicted octanol–water partition coefficient (Wildman–Crippen LogP) is 2.85. The number of amides is 2. The Hall–Kier alpha value is -3.79. The van der Waals surface area contributed by atoms with Crippen LogP contribution in [0.3, 0.4) is 0 Å². The number of alkyl carbamates (subject to hydrolysis) is 1. The third-order valence-electron chi connectivity index (χ3n) is 5.26. The molecule has 0 bridgehead atoms. The molecule has 2 N–H and O–H groups in total. The Kier molecular flexibility index (Phi) is 6.93. The first-order valence-corrected chi connectivity index (χ1v) is 10.0. The number of hydrogen-bond donors (Lipinski definition) is 2. The molecule has 0 aromatic heterocycles. The summed E-state index contributed by atoms with van der Waals surface area (Å²) in [5.74, 6) is 0.427. The molecule has 7 nitrogen and oxygen atoms in total. The predicted molar refractivity (Wildman–Crippen MR) is 115 cm³/mol. The summed E-state index contributed by atoms with van der Waals surface area (Å²) in [6, 6.07) is 15.0. The number of ether oxygens (including phenoxy) is 1. The van der Waals surface area contributed by atoms with Crippen LogP contribution in [0, 0.1) is 12.3 Å². The van der Waals surface area contributed by atoms with Crippen molar-refractivity contribution in [3.05, 3.63) is 59.7 Å². The van der Waals surface area contributed by atoms with E-state index in [1.165, 1.54) is 0 Å². The maximum Gasteiger partial charge on any atom is 0.407 e. The van der Waals surface area contributed by atoms with E-state index in [0.29, 0.717) is 0 Å². The number of rotatable bonds is 8. The minimum atomic E-state index is -1.18. The average molecular weight is 420 g/mol. The highest BCUT2D eigenvalue weighted by Crippen LogP contribution is 2.44. The number of carbonyl (C=O) groups is 3. The summed E-state index contributed by atoms with van der Waals surface area (Å²) in [4.78, 5) is 37.1. The lowest BCUT2D eigenvalue weighted by molar-refractivity contribution is -0.144. The Morgan fingerprint density at radius 1 is 1.13 bits per heavy atom. The smallest absolute Gasteiger partial charge is 0.407 e. The van der Waals surface area contributed by atoms with Crippen LogP contribution in [0.25, 0.3) is 11.1 Å². The van der Waals surface area contributed by atoms with Gasteiger partial charge >= 0.3 is 12.1 Å². The Labute approximate surface area is 181 Å². The third-order valence-corrected chi connectivity index (χ3v) is 5.26. The molecule has 2 aromatic rings. The van der Waals surface area contributed by atoms with Gasteiger partial charge in [-0.05, 0) is 28.7 Å². The molecule has 1 aliphatic carbocycles. The minimum absolute atomic E-state index is 0.0983. The van der Waals surface area contributed by atoms with E-state index in [4.69, 9.17) is 16.3 Å². The maximum atomic E-state index is 12.6. The molecule has 1 aliphatic rings. The number of terminal acetylenes is 1. The van der Waals surface area contributed by atoms with Gasteiger partial charge in [0.2, 0.25) is 5.91 Å². The normalized spacial score (nSPS) is 12.8. The molecule has 0 aliphatic heterocycles. The lowest BCUT2D eigenvalue weighted by Gasteiger charge is -2.24. The van der Waals surface area contributed by atoms with Gasteiger partial charge in [-0.25, -0.2) is 4.79 Å². The quantitative estimate of drug-likeness (QED) is 0.641. The van der Waals surface area contributed by atoms with Gasteiger partial charge < -0.3 is 20.1 Å². The summed E-state index contributed by atoms with van der Waals surface area (Å²) >= 11 is 0. The molecule has 0 radical (unpaired) electrons. The molecule has 0 saturated carbocycles. The van der Waals surface area contributed by atoms with Crippen molar-refractivity contribution in [3.63, 3.8) is 0 Å². The van der Waals surface area contributed by atoms with Gasteiger partial charge in [-0.15, -0.1) is 6.42 Å². The molecular weight excluding hydrogens is 396 g/mol. The molecule has 7 heteroatoms. The number of fused-ring (bicyclic) bond motifs is 3. The molecule has 1 atom stereocenters. The van der Waals surface area contributed by atoms with Crippen molar-refractivity contribution in [2.24, 2.45) is 0 Å². The van der Waals surface area contributed by atoms with E-state index < -0.39 is 30.6 Å². The molecule has 160 valence electrons. The van der Waals surface area contributed by atoms with Crippen LogP contribution in [-0.4, -0.2) is 53.7 Å². The zero-order chi connectivity index (χ0) is 22.4. The molecule has 0 heterocycles. The Morgan fingerprint density at radius 3 is 2.23 bits per heavy atom. The fourth-order valence-corrected chi connectivity index (χ4v) is 3.83. The highest BCUT2D eigenvalue weighted by molar-refractivity contribution is 5.88. The van der Waals surface area contributed by atoms with Gasteiger partial charge in [0.15, 0.2) is 0 Å². The van der Waals surface area contributed by atoms with Crippen LogP contribution in [0.15, 0.2) is 48.5 Å². The fraction of sp³-hybridized carbons (Fsp3) is 0.292. The lowest BCUT2D eigenvalue weighted by Crippen LogP contribution is -2.50. The lowest BCUT2D eigenvalue weighted by atomic mass is 9.98. The zero-order valence-corrected chi connectivity index (χ0v) is 17.2. The van der Waals surface area contributed by atoms with Gasteiger partial charge in [-0.2, -0.15) is 0 Å². The minimum Gasteiger partial charge on any atom is -0.480 e. The first-order valence-electron chi connectivity index (χ1n) is 10.0. The molecule has 0 spiro atoms. The van der Waals surface area contributed by atoms with Gasteiger partial charge in [-0.3, -0.25) is 9.59 Å². The van der Waals surface area contributed by atoms with E-state index in [1.54, 1.807) is 6.92 Å². The van der Waals surface area contributed by atoms with Crippen molar-refractivity contribution in [1.29, 1.82) is 0 Å². The second-order valence-corrected chi connectivity index (χ2v) is 7.22. The van der Waals surface area contributed by atoms with E-state index in [2.05, 4.69) is 11.2 Å². The van der Waals surface area contributed by atoms with Crippen molar-refractivity contribution in [3.8, 4) is 23.5 Å². The van der Waals surface area contributed by atoms with Gasteiger partial charge in [0, 0.05) is 5.92 Å². The fourth-order valence-electron chi connectivity index (χ4n) is 3.83. The van der Waals surface area contributed by atoms with Crippen LogP contribution < -0.4 is 5.32 Å². The number of nitrogens with one attached hydrogen (secondary N) is 1. The average Bonchev–Trinajstić information content (AvgIpc) is 3.09. The van der Waals surface area contributed by atoms with E-state index in [9.17, 15) is 14.4 Å². The molecule has 0 fully saturated rings. The number of carboxylic acids is 1.